The van der Waals surface area contributed by atoms with E-state index in [0.29, 0.717) is 36.2 Å². The van der Waals surface area contributed by atoms with Gasteiger partial charge in [0.1, 0.15) is 13.2 Å². The van der Waals surface area contributed by atoms with Crippen LogP contribution in [-0.2, 0) is 6.42 Å². The normalized spacial score (nSPS) is 17.7. The van der Waals surface area contributed by atoms with Crippen LogP contribution in [-0.4, -0.2) is 19.0 Å². The third-order valence-electron chi connectivity index (χ3n) is 3.89. The molecule has 0 spiro atoms. The van der Waals surface area contributed by atoms with Gasteiger partial charge in [-0.05, 0) is 29.3 Å². The number of ketones is 1. The molecule has 1 aliphatic heterocycles. The van der Waals surface area contributed by atoms with Crippen molar-refractivity contribution < 1.29 is 14.3 Å². The summed E-state index contributed by atoms with van der Waals surface area (Å²) in [4.78, 5) is 12.4. The second kappa shape index (κ2) is 5.18. The van der Waals surface area contributed by atoms with Gasteiger partial charge >= 0.3 is 0 Å². The van der Waals surface area contributed by atoms with E-state index < -0.39 is 0 Å². The van der Waals surface area contributed by atoms with E-state index in [2.05, 4.69) is 0 Å². The van der Waals surface area contributed by atoms with Crippen LogP contribution in [0.2, 0.25) is 5.02 Å². The Hall–Kier alpha value is -2.26. The lowest BCUT2D eigenvalue weighted by Gasteiger charge is -2.19. The lowest BCUT2D eigenvalue weighted by Crippen LogP contribution is -2.15. The predicted molar refractivity (Wildman–Crippen MR) is 84.9 cm³/mol. The lowest BCUT2D eigenvalue weighted by molar-refractivity contribution is 0.104. The largest absolute Gasteiger partial charge is 0.486 e. The first-order chi connectivity index (χ1) is 10.7. The smallest absolute Gasteiger partial charge is 0.189 e. The molecule has 0 fully saturated rings. The summed E-state index contributed by atoms with van der Waals surface area (Å²) in [6, 6.07) is 11.4. The molecule has 110 valence electrons. The van der Waals surface area contributed by atoms with Gasteiger partial charge in [0, 0.05) is 17.6 Å². The van der Waals surface area contributed by atoms with Crippen molar-refractivity contribution >= 4 is 23.5 Å². The Morgan fingerprint density at radius 2 is 1.91 bits per heavy atom. The Balaban J connectivity index is 1.73. The molecule has 2 aromatic rings. The maximum Gasteiger partial charge on any atom is 0.189 e. The van der Waals surface area contributed by atoms with Gasteiger partial charge in [-0.15, -0.1) is 0 Å². The van der Waals surface area contributed by atoms with Crippen LogP contribution in [0.4, 0.5) is 0 Å². The Labute approximate surface area is 133 Å². The van der Waals surface area contributed by atoms with Crippen LogP contribution in [0.25, 0.3) is 6.08 Å². The number of ether oxygens (including phenoxy) is 2. The highest BCUT2D eigenvalue weighted by Gasteiger charge is 2.24. The first-order valence-corrected chi connectivity index (χ1v) is 7.52. The Bertz CT molecular complexity index is 808. The van der Waals surface area contributed by atoms with Crippen LogP contribution < -0.4 is 9.47 Å². The highest BCUT2D eigenvalue weighted by Crippen LogP contribution is 2.39. The summed E-state index contributed by atoms with van der Waals surface area (Å²) in [5.74, 6) is 1.30. The van der Waals surface area contributed by atoms with Crippen molar-refractivity contribution in [3.8, 4) is 11.5 Å². The molecule has 0 unspecified atom stereocenters. The summed E-state index contributed by atoms with van der Waals surface area (Å²) < 4.78 is 11.1. The molecule has 0 amide bonds. The van der Waals surface area contributed by atoms with Crippen molar-refractivity contribution in [3.63, 3.8) is 0 Å². The minimum absolute atomic E-state index is 0.0848. The molecule has 2 aromatic carbocycles. The van der Waals surface area contributed by atoms with E-state index in [1.165, 1.54) is 0 Å². The quantitative estimate of drug-likeness (QED) is 0.748. The van der Waals surface area contributed by atoms with Crippen LogP contribution >= 0.6 is 11.6 Å². The number of hydrogen-bond acceptors (Lipinski definition) is 3. The summed E-state index contributed by atoms with van der Waals surface area (Å²) in [5.41, 5.74) is 3.49. The number of Topliss-reactive ketones (excluding diaryl/α,β-unsaturated/α-hetero) is 1. The van der Waals surface area contributed by atoms with Crippen molar-refractivity contribution in [1.29, 1.82) is 0 Å². The molecule has 4 heteroatoms. The van der Waals surface area contributed by atoms with Gasteiger partial charge in [-0.3, -0.25) is 4.79 Å². The zero-order chi connectivity index (χ0) is 15.1. The van der Waals surface area contributed by atoms with Gasteiger partial charge in [-0.1, -0.05) is 35.9 Å². The highest BCUT2D eigenvalue weighted by molar-refractivity contribution is 6.32. The van der Waals surface area contributed by atoms with E-state index in [1.54, 1.807) is 6.07 Å². The fourth-order valence-corrected chi connectivity index (χ4v) is 3.16. The van der Waals surface area contributed by atoms with Gasteiger partial charge in [0.2, 0.25) is 0 Å². The number of carbonyl (C=O) groups excluding carboxylic acids is 1. The monoisotopic (exact) mass is 312 g/mol. The van der Waals surface area contributed by atoms with Crippen molar-refractivity contribution in [1.82, 2.24) is 0 Å². The second-order valence-corrected chi connectivity index (χ2v) is 5.77. The van der Waals surface area contributed by atoms with Crippen LogP contribution in [0.15, 0.2) is 42.0 Å². The summed E-state index contributed by atoms with van der Waals surface area (Å²) in [5, 5.41) is 0.506. The number of hydrogen-bond donors (Lipinski definition) is 0. The van der Waals surface area contributed by atoms with Crippen molar-refractivity contribution in [2.45, 2.75) is 6.42 Å². The van der Waals surface area contributed by atoms with Gasteiger partial charge in [0.25, 0.3) is 0 Å². The van der Waals surface area contributed by atoms with Crippen LogP contribution in [0.5, 0.6) is 11.5 Å². The van der Waals surface area contributed by atoms with Crippen molar-refractivity contribution in [2.75, 3.05) is 13.2 Å². The third-order valence-corrected chi connectivity index (χ3v) is 4.18. The molecule has 3 nitrogen and oxygen atoms in total. The summed E-state index contributed by atoms with van der Waals surface area (Å²) in [7, 11) is 0. The zero-order valence-corrected chi connectivity index (χ0v) is 12.5. The van der Waals surface area contributed by atoms with Crippen molar-refractivity contribution in [3.05, 3.63) is 63.7 Å². The first kappa shape index (κ1) is 13.4. The maximum atomic E-state index is 12.4. The molecule has 0 atom stereocenters. The first-order valence-electron chi connectivity index (χ1n) is 7.15. The molecule has 0 saturated heterocycles. The summed E-state index contributed by atoms with van der Waals surface area (Å²) >= 11 is 6.24. The van der Waals surface area contributed by atoms with Crippen LogP contribution in [0.1, 0.15) is 21.5 Å². The van der Waals surface area contributed by atoms with Gasteiger partial charge in [0.15, 0.2) is 17.3 Å². The minimum Gasteiger partial charge on any atom is -0.486 e. The minimum atomic E-state index is 0.0848. The van der Waals surface area contributed by atoms with E-state index >= 15 is 0 Å². The van der Waals surface area contributed by atoms with Gasteiger partial charge in [0.05, 0.1) is 5.02 Å². The predicted octanol–water partition coefficient (Wildman–Crippen LogP) is 3.93. The molecule has 22 heavy (non-hydrogen) atoms. The number of rotatable bonds is 1. The number of fused-ring (bicyclic) bond motifs is 2. The molecule has 0 radical (unpaired) electrons. The molecular formula is C18H13ClO3. The third kappa shape index (κ3) is 2.18. The zero-order valence-electron chi connectivity index (χ0n) is 11.8. The van der Waals surface area contributed by atoms with E-state index in [4.69, 9.17) is 21.1 Å². The topological polar surface area (TPSA) is 35.5 Å². The van der Waals surface area contributed by atoms with Gasteiger partial charge in [-0.2, -0.15) is 0 Å². The highest BCUT2D eigenvalue weighted by atomic mass is 35.5. The van der Waals surface area contributed by atoms with Gasteiger partial charge in [-0.25, -0.2) is 0 Å². The SMILES string of the molecule is O=C1C(=Cc2cc(Cl)c3c(c2)OCCO3)Cc2ccccc21. The molecular weight excluding hydrogens is 300 g/mol. The second-order valence-electron chi connectivity index (χ2n) is 5.36. The molecule has 2 aliphatic rings. The Kier molecular flexibility index (Phi) is 3.16. The molecule has 0 N–H and O–H groups in total. The standard InChI is InChI=1S/C18H13ClO3/c19-15-8-11(9-16-18(15)22-6-5-21-16)7-13-10-12-3-1-2-4-14(12)17(13)20/h1-4,7-9H,5-6,10H2. The lowest BCUT2D eigenvalue weighted by atomic mass is 10.1. The number of allylic oxidation sites excluding steroid dienone is 1. The fraction of sp³-hybridized carbons (Fsp3) is 0.167. The molecule has 0 saturated carbocycles. The van der Waals surface area contributed by atoms with E-state index in [9.17, 15) is 4.79 Å². The van der Waals surface area contributed by atoms with Crippen molar-refractivity contribution in [2.24, 2.45) is 0 Å². The number of halogens is 1. The van der Waals surface area contributed by atoms with Crippen LogP contribution in [0.3, 0.4) is 0 Å². The number of carbonyl (C=O) groups is 1. The van der Waals surface area contributed by atoms with Crippen LogP contribution in [0, 0.1) is 0 Å². The molecule has 0 bridgehead atoms. The average Bonchev–Trinajstić information content (AvgIpc) is 2.84. The fourth-order valence-electron chi connectivity index (χ4n) is 2.89. The molecule has 0 aromatic heterocycles. The summed E-state index contributed by atoms with van der Waals surface area (Å²) in [6.45, 7) is 1.01. The molecule has 4 rings (SSSR count). The van der Waals surface area contributed by atoms with E-state index in [-0.39, 0.29) is 5.78 Å². The maximum absolute atomic E-state index is 12.4. The summed E-state index contributed by atoms with van der Waals surface area (Å²) in [6.07, 6.45) is 2.54. The van der Waals surface area contributed by atoms with Gasteiger partial charge < -0.3 is 9.47 Å². The number of benzene rings is 2. The Morgan fingerprint density at radius 1 is 1.09 bits per heavy atom. The van der Waals surface area contributed by atoms with E-state index in [1.807, 2.05) is 36.4 Å². The average molecular weight is 313 g/mol. The Morgan fingerprint density at radius 3 is 2.77 bits per heavy atom. The molecule has 1 aliphatic carbocycles. The van der Waals surface area contributed by atoms with E-state index in [0.717, 1.165) is 22.3 Å². The molecule has 1 heterocycles.